The van der Waals surface area contributed by atoms with Crippen molar-refractivity contribution in [1.82, 2.24) is 29.4 Å². The van der Waals surface area contributed by atoms with Gasteiger partial charge in [0.25, 0.3) is 5.91 Å². The van der Waals surface area contributed by atoms with E-state index in [-0.39, 0.29) is 17.2 Å². The van der Waals surface area contributed by atoms with Crippen LogP contribution in [0.5, 0.6) is 0 Å². The molecule has 0 unspecified atom stereocenters. The van der Waals surface area contributed by atoms with Crippen LogP contribution in [-0.4, -0.2) is 46.3 Å². The van der Waals surface area contributed by atoms with E-state index in [1.165, 1.54) is 21.5 Å². The van der Waals surface area contributed by atoms with Crippen LogP contribution in [0.4, 0.5) is 5.95 Å². The van der Waals surface area contributed by atoms with Crippen LogP contribution in [0.15, 0.2) is 55.2 Å². The summed E-state index contributed by atoms with van der Waals surface area (Å²) in [5.74, 6) is -1.63. The minimum atomic E-state index is -1.17. The molecule has 4 aromatic heterocycles. The Morgan fingerprint density at radius 3 is 2.77 bits per heavy atom. The molecular weight excluding hydrogens is 338 g/mol. The van der Waals surface area contributed by atoms with E-state index in [4.69, 9.17) is 0 Å². The Hall–Kier alpha value is -4.08. The third kappa shape index (κ3) is 2.75. The second-order valence-electron chi connectivity index (χ2n) is 5.27. The smallest absolute Gasteiger partial charge is 0.339 e. The summed E-state index contributed by atoms with van der Waals surface area (Å²) in [6.07, 6.45) is 7.78. The SMILES string of the molecule is O=C(Nc1nc2c(C(=O)O)cc(-n3cccn3)cn2n1)c1cccnc1. The molecule has 0 aliphatic heterocycles. The molecule has 0 atom stereocenters. The summed E-state index contributed by atoms with van der Waals surface area (Å²) in [4.78, 5) is 31.8. The molecule has 0 spiro atoms. The Morgan fingerprint density at radius 1 is 1.19 bits per heavy atom. The minimum absolute atomic E-state index is 0.0148. The minimum Gasteiger partial charge on any atom is -0.478 e. The molecule has 26 heavy (non-hydrogen) atoms. The van der Waals surface area contributed by atoms with Crippen LogP contribution in [0, 0.1) is 0 Å². The van der Waals surface area contributed by atoms with Gasteiger partial charge in [-0.25, -0.2) is 14.0 Å². The highest BCUT2D eigenvalue weighted by molar-refractivity contribution is 6.03. The van der Waals surface area contributed by atoms with E-state index in [0.29, 0.717) is 11.3 Å². The third-order valence-electron chi connectivity index (χ3n) is 3.57. The Balaban J connectivity index is 1.75. The van der Waals surface area contributed by atoms with Gasteiger partial charge in [-0.1, -0.05) is 0 Å². The maximum atomic E-state index is 12.2. The van der Waals surface area contributed by atoms with E-state index < -0.39 is 11.9 Å². The molecule has 128 valence electrons. The quantitative estimate of drug-likeness (QED) is 0.568. The van der Waals surface area contributed by atoms with E-state index in [9.17, 15) is 14.7 Å². The molecular formula is C16H11N7O3. The molecule has 0 bridgehead atoms. The lowest BCUT2D eigenvalue weighted by molar-refractivity contribution is 0.0698. The number of rotatable bonds is 4. The van der Waals surface area contributed by atoms with E-state index in [2.05, 4.69) is 25.5 Å². The van der Waals surface area contributed by atoms with Crippen molar-refractivity contribution >= 4 is 23.5 Å². The van der Waals surface area contributed by atoms with Crippen LogP contribution in [0.3, 0.4) is 0 Å². The predicted octanol–water partition coefficient (Wildman–Crippen LogP) is 1.26. The maximum Gasteiger partial charge on any atom is 0.339 e. The van der Waals surface area contributed by atoms with Gasteiger partial charge < -0.3 is 5.11 Å². The largest absolute Gasteiger partial charge is 0.478 e. The molecule has 0 saturated carbocycles. The first-order valence-electron chi connectivity index (χ1n) is 7.47. The van der Waals surface area contributed by atoms with Crippen molar-refractivity contribution < 1.29 is 14.7 Å². The first-order valence-corrected chi connectivity index (χ1v) is 7.47. The molecule has 0 aliphatic carbocycles. The van der Waals surface area contributed by atoms with Gasteiger partial charge in [-0.05, 0) is 24.3 Å². The zero-order valence-corrected chi connectivity index (χ0v) is 13.1. The molecule has 4 aromatic rings. The van der Waals surface area contributed by atoms with E-state index in [0.717, 1.165) is 0 Å². The molecule has 0 aromatic carbocycles. The number of fused-ring (bicyclic) bond motifs is 1. The molecule has 0 saturated heterocycles. The van der Waals surface area contributed by atoms with E-state index in [1.54, 1.807) is 43.0 Å². The van der Waals surface area contributed by atoms with Gasteiger partial charge in [0.05, 0.1) is 17.4 Å². The highest BCUT2D eigenvalue weighted by atomic mass is 16.4. The number of aromatic nitrogens is 6. The number of amides is 1. The van der Waals surface area contributed by atoms with E-state index in [1.807, 2.05) is 0 Å². The average molecular weight is 349 g/mol. The fourth-order valence-electron chi connectivity index (χ4n) is 2.40. The molecule has 10 heteroatoms. The van der Waals surface area contributed by atoms with E-state index >= 15 is 0 Å². The number of carbonyl (C=O) groups excluding carboxylic acids is 1. The molecule has 4 heterocycles. The van der Waals surface area contributed by atoms with Crippen molar-refractivity contribution in [2.45, 2.75) is 0 Å². The molecule has 0 fully saturated rings. The summed E-state index contributed by atoms with van der Waals surface area (Å²) in [5.41, 5.74) is 0.874. The predicted molar refractivity (Wildman–Crippen MR) is 89.3 cm³/mol. The number of pyridine rings is 2. The van der Waals surface area contributed by atoms with Crippen molar-refractivity contribution in [3.05, 3.63) is 66.4 Å². The molecule has 4 rings (SSSR count). The first-order chi connectivity index (χ1) is 12.6. The van der Waals surface area contributed by atoms with Gasteiger partial charge in [0.15, 0.2) is 5.65 Å². The summed E-state index contributed by atoms with van der Waals surface area (Å²) < 4.78 is 2.79. The number of aromatic carboxylic acids is 1. The number of nitrogens with one attached hydrogen (secondary N) is 1. The van der Waals surface area contributed by atoms with Crippen molar-refractivity contribution in [3.63, 3.8) is 0 Å². The Labute approximate surface area is 145 Å². The summed E-state index contributed by atoms with van der Waals surface area (Å²) in [6.45, 7) is 0. The zero-order chi connectivity index (χ0) is 18.1. The van der Waals surface area contributed by atoms with Gasteiger partial charge >= 0.3 is 5.97 Å². The van der Waals surface area contributed by atoms with Crippen LogP contribution in [0.2, 0.25) is 0 Å². The summed E-state index contributed by atoms with van der Waals surface area (Å²) in [6, 6.07) is 6.37. The topological polar surface area (TPSA) is 127 Å². The molecule has 1 amide bonds. The third-order valence-corrected chi connectivity index (χ3v) is 3.57. The number of hydrogen-bond donors (Lipinski definition) is 2. The second kappa shape index (κ2) is 6.09. The van der Waals surface area contributed by atoms with Crippen molar-refractivity contribution in [3.8, 4) is 5.69 Å². The summed E-state index contributed by atoms with van der Waals surface area (Å²) in [7, 11) is 0. The first kappa shape index (κ1) is 15.4. The van der Waals surface area contributed by atoms with Crippen LogP contribution in [0.1, 0.15) is 20.7 Å². The average Bonchev–Trinajstić information content (AvgIpc) is 3.30. The molecule has 0 radical (unpaired) electrons. The van der Waals surface area contributed by atoms with Gasteiger partial charge in [-0.2, -0.15) is 10.1 Å². The Kier molecular flexibility index (Phi) is 3.62. The highest BCUT2D eigenvalue weighted by Crippen LogP contribution is 2.17. The van der Waals surface area contributed by atoms with Crippen molar-refractivity contribution in [1.29, 1.82) is 0 Å². The van der Waals surface area contributed by atoms with Gasteiger partial charge in [0, 0.05) is 24.8 Å². The number of hydrogen-bond acceptors (Lipinski definition) is 6. The number of carboxylic acids is 1. The van der Waals surface area contributed by atoms with Crippen LogP contribution in [0.25, 0.3) is 11.3 Å². The van der Waals surface area contributed by atoms with Gasteiger partial charge in [-0.3, -0.25) is 15.1 Å². The Morgan fingerprint density at radius 2 is 2.08 bits per heavy atom. The van der Waals surface area contributed by atoms with Gasteiger partial charge in [0.1, 0.15) is 5.56 Å². The standard InChI is InChI=1S/C16H11N7O3/c24-14(10-3-1-4-17-8-10)20-16-19-13-12(15(25)26)7-11(9-23(13)21-16)22-6-2-5-18-22/h1-9H,(H,25,26)(H,20,21,24). The summed E-state index contributed by atoms with van der Waals surface area (Å²) >= 11 is 0. The molecule has 0 aliphatic rings. The van der Waals surface area contributed by atoms with Gasteiger partial charge in [-0.15, -0.1) is 5.10 Å². The van der Waals surface area contributed by atoms with Crippen LogP contribution < -0.4 is 5.32 Å². The number of nitrogens with zero attached hydrogens (tertiary/aromatic N) is 6. The van der Waals surface area contributed by atoms with Crippen LogP contribution in [-0.2, 0) is 0 Å². The molecule has 10 nitrogen and oxygen atoms in total. The normalized spacial score (nSPS) is 10.8. The van der Waals surface area contributed by atoms with Crippen molar-refractivity contribution in [2.24, 2.45) is 0 Å². The Bertz CT molecular complexity index is 1100. The number of carboxylic acid groups (broad SMARTS) is 1. The number of anilines is 1. The summed E-state index contributed by atoms with van der Waals surface area (Å²) in [5, 5.41) is 20.2. The lowest BCUT2D eigenvalue weighted by Crippen LogP contribution is -2.13. The lowest BCUT2D eigenvalue weighted by atomic mass is 10.2. The number of carbonyl (C=O) groups is 2. The molecule has 2 N–H and O–H groups in total. The highest BCUT2D eigenvalue weighted by Gasteiger charge is 2.17. The lowest BCUT2D eigenvalue weighted by Gasteiger charge is -2.04. The fraction of sp³-hybridized carbons (Fsp3) is 0. The van der Waals surface area contributed by atoms with Gasteiger partial charge in [0.2, 0.25) is 5.95 Å². The maximum absolute atomic E-state index is 12.2. The van der Waals surface area contributed by atoms with Crippen molar-refractivity contribution in [2.75, 3.05) is 5.32 Å². The second-order valence-corrected chi connectivity index (χ2v) is 5.27. The monoisotopic (exact) mass is 349 g/mol. The van der Waals surface area contributed by atoms with Crippen LogP contribution >= 0.6 is 0 Å². The fourth-order valence-corrected chi connectivity index (χ4v) is 2.40. The zero-order valence-electron chi connectivity index (χ0n) is 13.1.